The molecular weight excluding hydrogens is 216 g/mol. The van der Waals surface area contributed by atoms with Gasteiger partial charge in [-0.25, -0.2) is 4.98 Å². The second kappa shape index (κ2) is 4.12. The van der Waals surface area contributed by atoms with E-state index in [2.05, 4.69) is 15.2 Å². The molecule has 0 saturated carbocycles. The van der Waals surface area contributed by atoms with Gasteiger partial charge in [0.05, 0.1) is 6.20 Å². The molecule has 0 aliphatic heterocycles. The fraction of sp³-hybridized carbons (Fsp3) is 0.444. The molecule has 0 radical (unpaired) electrons. The Hall–Kier alpha value is -1.20. The minimum absolute atomic E-state index is 0.108. The summed E-state index contributed by atoms with van der Waals surface area (Å²) in [6.45, 7) is 4.50. The number of aromatic nitrogens is 4. The van der Waals surface area contributed by atoms with Gasteiger partial charge in [0, 0.05) is 12.8 Å². The number of hydrogen-bond donors (Lipinski definition) is 0. The number of halogens is 1. The Labute approximate surface area is 92.1 Å². The van der Waals surface area contributed by atoms with Crippen molar-refractivity contribution in [3.05, 3.63) is 23.4 Å². The first-order chi connectivity index (χ1) is 7.22. The predicted molar refractivity (Wildman–Crippen MR) is 55.8 cm³/mol. The maximum atomic E-state index is 5.80. The van der Waals surface area contributed by atoms with E-state index >= 15 is 0 Å². The molecule has 80 valence electrons. The van der Waals surface area contributed by atoms with E-state index in [9.17, 15) is 0 Å². The molecule has 0 amide bonds. The van der Waals surface area contributed by atoms with Gasteiger partial charge < -0.3 is 4.74 Å². The van der Waals surface area contributed by atoms with Gasteiger partial charge in [0.1, 0.15) is 11.3 Å². The maximum absolute atomic E-state index is 5.80. The highest BCUT2D eigenvalue weighted by molar-refractivity contribution is 6.29. The van der Waals surface area contributed by atoms with Crippen molar-refractivity contribution >= 4 is 17.2 Å². The van der Waals surface area contributed by atoms with Crippen LogP contribution in [0.25, 0.3) is 5.65 Å². The quantitative estimate of drug-likeness (QED) is 0.802. The van der Waals surface area contributed by atoms with Gasteiger partial charge in [-0.3, -0.25) is 4.40 Å². The maximum Gasteiger partial charge on any atom is 0.179 e. The Morgan fingerprint density at radius 1 is 1.53 bits per heavy atom. The van der Waals surface area contributed by atoms with E-state index in [-0.39, 0.29) is 6.10 Å². The van der Waals surface area contributed by atoms with Crippen LogP contribution < -0.4 is 0 Å². The first kappa shape index (κ1) is 10.3. The van der Waals surface area contributed by atoms with E-state index in [4.69, 9.17) is 16.3 Å². The normalized spacial score (nSPS) is 13.3. The fourth-order valence-electron chi connectivity index (χ4n) is 1.40. The standard InChI is InChI=1S/C9H11ClN4O/c1-3-15-6(2)9-13-12-8-4-11-7(10)5-14(8)9/h4-6H,3H2,1-2H3/t6-/m0/s1. The van der Waals surface area contributed by atoms with Crippen molar-refractivity contribution in [1.29, 1.82) is 0 Å². The fourth-order valence-corrected chi connectivity index (χ4v) is 1.54. The molecule has 0 aromatic carbocycles. The van der Waals surface area contributed by atoms with Crippen LogP contribution in [0.2, 0.25) is 5.15 Å². The molecule has 5 nitrogen and oxygen atoms in total. The van der Waals surface area contributed by atoms with Gasteiger partial charge >= 0.3 is 0 Å². The van der Waals surface area contributed by atoms with E-state index in [0.29, 0.717) is 17.4 Å². The number of hydrogen-bond acceptors (Lipinski definition) is 4. The van der Waals surface area contributed by atoms with Gasteiger partial charge in [-0.15, -0.1) is 10.2 Å². The zero-order valence-corrected chi connectivity index (χ0v) is 9.27. The van der Waals surface area contributed by atoms with Crippen LogP contribution in [-0.4, -0.2) is 26.2 Å². The van der Waals surface area contributed by atoms with Crippen molar-refractivity contribution in [2.24, 2.45) is 0 Å². The summed E-state index contributed by atoms with van der Waals surface area (Å²) >= 11 is 5.80. The number of rotatable bonds is 3. The summed E-state index contributed by atoms with van der Waals surface area (Å²) in [6.07, 6.45) is 3.16. The topological polar surface area (TPSA) is 52.3 Å². The Morgan fingerprint density at radius 3 is 3.07 bits per heavy atom. The van der Waals surface area contributed by atoms with Crippen molar-refractivity contribution in [2.75, 3.05) is 6.61 Å². The van der Waals surface area contributed by atoms with Crippen LogP contribution in [0.4, 0.5) is 0 Å². The number of ether oxygens (including phenoxy) is 1. The second-order valence-electron chi connectivity index (χ2n) is 3.09. The number of nitrogens with zero attached hydrogens (tertiary/aromatic N) is 4. The van der Waals surface area contributed by atoms with E-state index in [1.54, 1.807) is 16.8 Å². The number of fused-ring (bicyclic) bond motifs is 1. The third kappa shape index (κ3) is 1.93. The molecule has 15 heavy (non-hydrogen) atoms. The molecule has 0 bridgehead atoms. The average molecular weight is 227 g/mol. The van der Waals surface area contributed by atoms with Gasteiger partial charge in [0.25, 0.3) is 0 Å². The molecule has 2 aromatic heterocycles. The van der Waals surface area contributed by atoms with Crippen molar-refractivity contribution in [3.63, 3.8) is 0 Å². The molecule has 0 N–H and O–H groups in total. The molecule has 0 spiro atoms. The first-order valence-corrected chi connectivity index (χ1v) is 5.08. The zero-order chi connectivity index (χ0) is 10.8. The lowest BCUT2D eigenvalue weighted by Crippen LogP contribution is -2.05. The van der Waals surface area contributed by atoms with Gasteiger partial charge in [-0.1, -0.05) is 11.6 Å². The van der Waals surface area contributed by atoms with Crippen molar-refractivity contribution in [1.82, 2.24) is 19.6 Å². The zero-order valence-electron chi connectivity index (χ0n) is 8.51. The van der Waals surface area contributed by atoms with Crippen LogP contribution in [0.1, 0.15) is 25.8 Å². The van der Waals surface area contributed by atoms with Crippen LogP contribution in [0, 0.1) is 0 Å². The molecule has 2 aromatic rings. The molecule has 0 aliphatic rings. The lowest BCUT2D eigenvalue weighted by Gasteiger charge is -2.08. The lowest BCUT2D eigenvalue weighted by atomic mass is 10.4. The highest BCUT2D eigenvalue weighted by Gasteiger charge is 2.13. The first-order valence-electron chi connectivity index (χ1n) is 4.70. The Balaban J connectivity index is 2.47. The average Bonchev–Trinajstić information content (AvgIpc) is 2.60. The van der Waals surface area contributed by atoms with Crippen LogP contribution >= 0.6 is 11.6 Å². The van der Waals surface area contributed by atoms with Crippen LogP contribution in [0.15, 0.2) is 12.4 Å². The molecular formula is C9H11ClN4O. The lowest BCUT2D eigenvalue weighted by molar-refractivity contribution is 0.0693. The van der Waals surface area contributed by atoms with Crippen LogP contribution in [0.5, 0.6) is 0 Å². The van der Waals surface area contributed by atoms with Crippen molar-refractivity contribution in [2.45, 2.75) is 20.0 Å². The third-order valence-electron chi connectivity index (χ3n) is 2.07. The summed E-state index contributed by atoms with van der Waals surface area (Å²) in [6, 6.07) is 0. The SMILES string of the molecule is CCO[C@@H](C)c1nnc2cnc(Cl)cn12. The molecule has 0 fully saturated rings. The van der Waals surface area contributed by atoms with Gasteiger partial charge in [0.2, 0.25) is 0 Å². The molecule has 6 heteroatoms. The third-order valence-corrected chi connectivity index (χ3v) is 2.26. The van der Waals surface area contributed by atoms with E-state index in [0.717, 1.165) is 5.82 Å². The summed E-state index contributed by atoms with van der Waals surface area (Å²) in [5.41, 5.74) is 0.668. The summed E-state index contributed by atoms with van der Waals surface area (Å²) < 4.78 is 7.23. The van der Waals surface area contributed by atoms with E-state index in [1.165, 1.54) is 0 Å². The van der Waals surface area contributed by atoms with Crippen molar-refractivity contribution < 1.29 is 4.74 Å². The summed E-state index contributed by atoms with van der Waals surface area (Å²) in [5, 5.41) is 8.43. The second-order valence-corrected chi connectivity index (χ2v) is 3.48. The minimum Gasteiger partial charge on any atom is -0.371 e. The summed E-state index contributed by atoms with van der Waals surface area (Å²) in [5.74, 6) is 0.733. The highest BCUT2D eigenvalue weighted by atomic mass is 35.5. The van der Waals surface area contributed by atoms with Gasteiger partial charge in [0.15, 0.2) is 11.5 Å². The molecule has 0 saturated heterocycles. The molecule has 1 atom stereocenters. The van der Waals surface area contributed by atoms with Crippen LogP contribution in [0.3, 0.4) is 0 Å². The Bertz CT molecular complexity index is 470. The monoisotopic (exact) mass is 226 g/mol. The summed E-state index contributed by atoms with van der Waals surface area (Å²) in [7, 11) is 0. The molecule has 0 unspecified atom stereocenters. The highest BCUT2D eigenvalue weighted by Crippen LogP contribution is 2.16. The van der Waals surface area contributed by atoms with Gasteiger partial charge in [-0.2, -0.15) is 0 Å². The predicted octanol–water partition coefficient (Wildman–Crippen LogP) is 1.88. The molecule has 2 rings (SSSR count). The largest absolute Gasteiger partial charge is 0.371 e. The Morgan fingerprint density at radius 2 is 2.33 bits per heavy atom. The summed E-state index contributed by atoms with van der Waals surface area (Å²) in [4.78, 5) is 3.93. The Kier molecular flexibility index (Phi) is 2.83. The molecule has 0 aliphatic carbocycles. The van der Waals surface area contributed by atoms with Crippen LogP contribution in [-0.2, 0) is 4.74 Å². The van der Waals surface area contributed by atoms with Crippen molar-refractivity contribution in [3.8, 4) is 0 Å². The van der Waals surface area contributed by atoms with E-state index < -0.39 is 0 Å². The van der Waals surface area contributed by atoms with Gasteiger partial charge in [-0.05, 0) is 13.8 Å². The minimum atomic E-state index is -0.108. The van der Waals surface area contributed by atoms with E-state index in [1.807, 2.05) is 13.8 Å². The smallest absolute Gasteiger partial charge is 0.179 e. The molecule has 2 heterocycles.